The van der Waals surface area contributed by atoms with Crippen LogP contribution in [0.4, 0.5) is 0 Å². The largest absolute Gasteiger partial charge is 0.508 e. The van der Waals surface area contributed by atoms with Crippen LogP contribution in [0.1, 0.15) is 11.7 Å². The summed E-state index contributed by atoms with van der Waals surface area (Å²) >= 11 is 0. The van der Waals surface area contributed by atoms with Crippen molar-refractivity contribution in [3.8, 4) is 22.6 Å². The third-order valence-corrected chi connectivity index (χ3v) is 5.14. The Balaban J connectivity index is 1.88. The van der Waals surface area contributed by atoms with Crippen LogP contribution in [0.15, 0.2) is 51.9 Å². The molecular weight excluding hydrogens is 396 g/mol. The third kappa shape index (κ3) is 3.14. The predicted octanol–water partition coefficient (Wildman–Crippen LogP) is 0.594. The number of fused-ring (bicyclic) bond motifs is 1. The van der Waals surface area contributed by atoms with E-state index in [2.05, 4.69) is 0 Å². The number of phenols is 2. The Hall–Kier alpha value is -3.24. The van der Waals surface area contributed by atoms with E-state index in [4.69, 9.17) is 9.15 Å². The highest BCUT2D eigenvalue weighted by atomic mass is 16.5. The molecule has 2 heterocycles. The third-order valence-electron chi connectivity index (χ3n) is 5.14. The van der Waals surface area contributed by atoms with Crippen molar-refractivity contribution in [2.75, 3.05) is 6.61 Å². The molecule has 0 bridgehead atoms. The van der Waals surface area contributed by atoms with Crippen LogP contribution in [-0.4, -0.2) is 56.2 Å². The predicted molar refractivity (Wildman–Crippen MR) is 103 cm³/mol. The molecule has 9 nitrogen and oxygen atoms in total. The van der Waals surface area contributed by atoms with E-state index < -0.39 is 48.0 Å². The number of benzene rings is 2. The second kappa shape index (κ2) is 7.54. The number of rotatable bonds is 3. The molecule has 1 saturated heterocycles. The highest BCUT2D eigenvalue weighted by Crippen LogP contribution is 2.38. The van der Waals surface area contributed by atoms with Gasteiger partial charge >= 0.3 is 0 Å². The maximum Gasteiger partial charge on any atom is 0.200 e. The average molecular weight is 414 g/mol. The molecular formula is C21H18O9. The van der Waals surface area contributed by atoms with Gasteiger partial charge in [0.1, 0.15) is 41.7 Å². The molecule has 0 saturated carbocycles. The van der Waals surface area contributed by atoms with Crippen LogP contribution in [0.25, 0.3) is 22.1 Å². The van der Waals surface area contributed by atoms with Gasteiger partial charge in [-0.2, -0.15) is 0 Å². The van der Waals surface area contributed by atoms with Crippen LogP contribution < -0.4 is 5.43 Å². The van der Waals surface area contributed by atoms with Crippen LogP contribution >= 0.6 is 0 Å². The summed E-state index contributed by atoms with van der Waals surface area (Å²) in [6.45, 7) is -0.678. The summed E-state index contributed by atoms with van der Waals surface area (Å²) in [6.07, 6.45) is -5.17. The minimum Gasteiger partial charge on any atom is -0.508 e. The van der Waals surface area contributed by atoms with E-state index in [0.29, 0.717) is 5.56 Å². The van der Waals surface area contributed by atoms with Gasteiger partial charge in [0, 0.05) is 0 Å². The Morgan fingerprint density at radius 3 is 2.33 bits per heavy atom. The number of hydrogen-bond donors (Lipinski definition) is 5. The van der Waals surface area contributed by atoms with Gasteiger partial charge in [0.25, 0.3) is 0 Å². The summed E-state index contributed by atoms with van der Waals surface area (Å²) in [7, 11) is 0. The van der Waals surface area contributed by atoms with E-state index >= 15 is 0 Å². The number of ether oxygens (including phenoxy) is 1. The molecule has 4 rings (SSSR count). The molecule has 1 aliphatic rings. The molecule has 0 aliphatic carbocycles. The Labute approximate surface area is 169 Å². The molecule has 1 fully saturated rings. The van der Waals surface area contributed by atoms with E-state index in [1.807, 2.05) is 0 Å². The SMILES string of the molecule is O=C1C(O)[C@H](O)[C@@H](CO)O[C@H]1c1c(O)ccc2c(=O)c(-c3ccc(O)cc3)coc12. The van der Waals surface area contributed by atoms with E-state index in [9.17, 15) is 35.1 Å². The Kier molecular flexibility index (Phi) is 5.04. The smallest absolute Gasteiger partial charge is 0.200 e. The summed E-state index contributed by atoms with van der Waals surface area (Å²) in [5.41, 5.74) is -0.0798. The number of phenolic OH excluding ortho intramolecular Hbond substituents is 2. The molecule has 2 aromatic carbocycles. The molecule has 3 aromatic rings. The molecule has 1 aromatic heterocycles. The van der Waals surface area contributed by atoms with Gasteiger partial charge in [-0.05, 0) is 29.8 Å². The molecule has 1 unspecified atom stereocenters. The highest BCUT2D eigenvalue weighted by Gasteiger charge is 2.45. The second-order valence-corrected chi connectivity index (χ2v) is 6.98. The second-order valence-electron chi connectivity index (χ2n) is 6.98. The lowest BCUT2D eigenvalue weighted by Gasteiger charge is -2.35. The zero-order chi connectivity index (χ0) is 21.6. The molecule has 30 heavy (non-hydrogen) atoms. The van der Waals surface area contributed by atoms with Crippen molar-refractivity contribution < 1.29 is 39.5 Å². The van der Waals surface area contributed by atoms with E-state index in [0.717, 1.165) is 6.26 Å². The Morgan fingerprint density at radius 2 is 1.67 bits per heavy atom. The lowest BCUT2D eigenvalue weighted by molar-refractivity contribution is -0.189. The first-order valence-corrected chi connectivity index (χ1v) is 9.06. The molecule has 5 N–H and O–H groups in total. The maximum atomic E-state index is 13.0. The zero-order valence-electron chi connectivity index (χ0n) is 15.4. The number of ketones is 1. The van der Waals surface area contributed by atoms with Crippen molar-refractivity contribution in [2.24, 2.45) is 0 Å². The molecule has 0 amide bonds. The number of hydrogen-bond acceptors (Lipinski definition) is 9. The molecule has 0 radical (unpaired) electrons. The van der Waals surface area contributed by atoms with Crippen LogP contribution in [0.2, 0.25) is 0 Å². The average Bonchev–Trinajstić information content (AvgIpc) is 2.74. The quantitative estimate of drug-likeness (QED) is 0.414. The Bertz CT molecular complexity index is 1170. The standard InChI is InChI=1S/C21H18O9/c22-7-14-17(26)18(27)19(28)21(30-14)15-13(24)6-5-11-16(25)12(8-29-20(11)15)9-1-3-10(23)4-2-9/h1-6,8,14,17-18,21-24,26-27H,7H2/t14-,17-,18?,21+/m1/s1. The monoisotopic (exact) mass is 414 g/mol. The molecule has 0 spiro atoms. The lowest BCUT2D eigenvalue weighted by atomic mass is 9.91. The number of Topliss-reactive ketones (excluding diaryl/α,β-unsaturated/α-hetero) is 1. The molecule has 9 heteroatoms. The summed E-state index contributed by atoms with van der Waals surface area (Å²) < 4.78 is 11.0. The molecule has 4 atom stereocenters. The fourth-order valence-corrected chi connectivity index (χ4v) is 3.52. The normalized spacial score (nSPS) is 24.3. The van der Waals surface area contributed by atoms with Gasteiger partial charge in [-0.1, -0.05) is 12.1 Å². The maximum absolute atomic E-state index is 13.0. The number of carbonyl (C=O) groups is 1. The van der Waals surface area contributed by atoms with Gasteiger partial charge in [0.15, 0.2) is 11.9 Å². The van der Waals surface area contributed by atoms with Crippen LogP contribution in [0.3, 0.4) is 0 Å². The minimum atomic E-state index is -1.85. The van der Waals surface area contributed by atoms with Gasteiger partial charge in [0.05, 0.1) is 23.1 Å². The van der Waals surface area contributed by atoms with Crippen LogP contribution in [-0.2, 0) is 9.53 Å². The van der Waals surface area contributed by atoms with E-state index in [1.54, 1.807) is 0 Å². The number of aliphatic hydroxyl groups is 3. The first-order chi connectivity index (χ1) is 14.3. The number of aliphatic hydroxyl groups excluding tert-OH is 3. The summed E-state index contributed by atoms with van der Waals surface area (Å²) in [6, 6.07) is 8.41. The minimum absolute atomic E-state index is 0.0308. The van der Waals surface area contributed by atoms with Gasteiger partial charge in [-0.3, -0.25) is 9.59 Å². The van der Waals surface area contributed by atoms with Crippen molar-refractivity contribution >= 4 is 16.8 Å². The van der Waals surface area contributed by atoms with Gasteiger partial charge in [-0.15, -0.1) is 0 Å². The fraction of sp³-hybridized carbons (Fsp3) is 0.238. The van der Waals surface area contributed by atoms with E-state index in [1.165, 1.54) is 36.4 Å². The van der Waals surface area contributed by atoms with Crippen LogP contribution in [0, 0.1) is 0 Å². The van der Waals surface area contributed by atoms with Crippen molar-refractivity contribution in [3.05, 3.63) is 58.4 Å². The zero-order valence-corrected chi connectivity index (χ0v) is 15.4. The fourth-order valence-electron chi connectivity index (χ4n) is 3.52. The summed E-state index contributed by atoms with van der Waals surface area (Å²) in [5, 5.41) is 49.1. The van der Waals surface area contributed by atoms with Crippen LogP contribution in [0.5, 0.6) is 11.5 Å². The lowest BCUT2D eigenvalue weighted by Crippen LogP contribution is -2.53. The summed E-state index contributed by atoms with van der Waals surface area (Å²) in [4.78, 5) is 25.5. The van der Waals surface area contributed by atoms with E-state index in [-0.39, 0.29) is 27.8 Å². The summed E-state index contributed by atoms with van der Waals surface area (Å²) in [5.74, 6) is -1.33. The first-order valence-electron chi connectivity index (χ1n) is 9.06. The highest BCUT2D eigenvalue weighted by molar-refractivity contribution is 5.95. The van der Waals surface area contributed by atoms with Crippen molar-refractivity contribution in [1.82, 2.24) is 0 Å². The van der Waals surface area contributed by atoms with Crippen molar-refractivity contribution in [3.63, 3.8) is 0 Å². The van der Waals surface area contributed by atoms with Gasteiger partial charge in [0.2, 0.25) is 5.43 Å². The van der Waals surface area contributed by atoms with Crippen molar-refractivity contribution in [1.29, 1.82) is 0 Å². The van der Waals surface area contributed by atoms with Gasteiger partial charge in [-0.25, -0.2) is 0 Å². The molecule has 156 valence electrons. The number of carbonyl (C=O) groups excluding carboxylic acids is 1. The van der Waals surface area contributed by atoms with Gasteiger partial charge < -0.3 is 34.7 Å². The number of aromatic hydroxyl groups is 2. The topological polar surface area (TPSA) is 158 Å². The van der Waals surface area contributed by atoms with Crippen molar-refractivity contribution in [2.45, 2.75) is 24.4 Å². The Morgan fingerprint density at radius 1 is 0.967 bits per heavy atom. The molecule has 1 aliphatic heterocycles. The first kappa shape index (κ1) is 20.0.